The number of benzene rings is 2. The van der Waals surface area contributed by atoms with E-state index in [4.69, 9.17) is 9.47 Å². The van der Waals surface area contributed by atoms with Crippen LogP contribution >= 0.6 is 0 Å². The Morgan fingerprint density at radius 2 is 1.95 bits per heavy atom. The summed E-state index contributed by atoms with van der Waals surface area (Å²) in [5.74, 6) is 0.899. The Bertz CT molecular complexity index is 605. The summed E-state index contributed by atoms with van der Waals surface area (Å²) in [6.45, 7) is 0.883. The summed E-state index contributed by atoms with van der Waals surface area (Å²) in [6, 6.07) is 13.1. The van der Waals surface area contributed by atoms with E-state index in [-0.39, 0.29) is 12.1 Å². The van der Waals surface area contributed by atoms with Crippen LogP contribution < -0.4 is 10.1 Å². The van der Waals surface area contributed by atoms with Crippen LogP contribution in [0.25, 0.3) is 10.8 Å². The number of hydrogen-bond donors (Lipinski definition) is 1. The van der Waals surface area contributed by atoms with Gasteiger partial charge in [-0.05, 0) is 60.8 Å². The second-order valence-electron chi connectivity index (χ2n) is 5.64. The number of rotatable bonds is 4. The molecule has 3 heteroatoms. The van der Waals surface area contributed by atoms with E-state index in [0.717, 1.165) is 18.8 Å². The minimum absolute atomic E-state index is 0.261. The molecule has 2 aromatic rings. The molecule has 1 aliphatic rings. The Labute approximate surface area is 126 Å². The number of nitrogens with one attached hydrogen (secondary N) is 1. The van der Waals surface area contributed by atoms with Crippen LogP contribution in [-0.2, 0) is 4.74 Å². The van der Waals surface area contributed by atoms with Crippen molar-refractivity contribution in [1.29, 1.82) is 0 Å². The topological polar surface area (TPSA) is 30.5 Å². The van der Waals surface area contributed by atoms with E-state index < -0.39 is 0 Å². The van der Waals surface area contributed by atoms with E-state index in [9.17, 15) is 0 Å². The molecule has 2 atom stereocenters. The zero-order chi connectivity index (χ0) is 14.7. The maximum absolute atomic E-state index is 5.95. The van der Waals surface area contributed by atoms with E-state index in [2.05, 4.69) is 35.6 Å². The molecule has 0 amide bonds. The number of fused-ring (bicyclic) bond motifs is 1. The summed E-state index contributed by atoms with van der Waals surface area (Å²) in [6.07, 6.45) is 3.85. The van der Waals surface area contributed by atoms with Crippen LogP contribution in [0.4, 0.5) is 0 Å². The van der Waals surface area contributed by atoms with Crippen molar-refractivity contribution in [2.75, 3.05) is 20.8 Å². The first-order chi connectivity index (χ1) is 10.3. The first kappa shape index (κ1) is 14.4. The summed E-state index contributed by atoms with van der Waals surface area (Å²) < 4.78 is 11.2. The van der Waals surface area contributed by atoms with E-state index in [1.54, 1.807) is 7.11 Å². The summed E-state index contributed by atoms with van der Waals surface area (Å²) in [5, 5.41) is 5.87. The molecule has 1 aliphatic heterocycles. The Kier molecular flexibility index (Phi) is 4.42. The average Bonchev–Trinajstić information content (AvgIpc) is 2.56. The SMILES string of the molecule is CNC(c1ccc2cc(OC)ccc2c1)C1CCCCO1. The standard InChI is InChI=1S/C18H23NO2/c1-19-18(17-5-3-4-10-21-17)15-7-6-14-12-16(20-2)9-8-13(14)11-15/h6-9,11-12,17-19H,3-5,10H2,1-2H3. The monoisotopic (exact) mass is 285 g/mol. The van der Waals surface area contributed by atoms with Gasteiger partial charge in [0.05, 0.1) is 19.3 Å². The minimum Gasteiger partial charge on any atom is -0.497 e. The van der Waals surface area contributed by atoms with Gasteiger partial charge < -0.3 is 14.8 Å². The van der Waals surface area contributed by atoms with Crippen molar-refractivity contribution < 1.29 is 9.47 Å². The highest BCUT2D eigenvalue weighted by atomic mass is 16.5. The fourth-order valence-corrected chi connectivity index (χ4v) is 3.16. The zero-order valence-corrected chi connectivity index (χ0v) is 12.8. The molecular weight excluding hydrogens is 262 g/mol. The lowest BCUT2D eigenvalue weighted by Crippen LogP contribution is -2.34. The number of methoxy groups -OCH3 is 1. The molecule has 1 fully saturated rings. The van der Waals surface area contributed by atoms with E-state index in [1.165, 1.54) is 29.2 Å². The number of hydrogen-bond acceptors (Lipinski definition) is 3. The lowest BCUT2D eigenvalue weighted by Gasteiger charge is -2.30. The highest BCUT2D eigenvalue weighted by molar-refractivity contribution is 5.84. The summed E-state index contributed by atoms with van der Waals surface area (Å²) in [7, 11) is 3.72. The molecule has 112 valence electrons. The molecule has 0 bridgehead atoms. The first-order valence-corrected chi connectivity index (χ1v) is 7.68. The van der Waals surface area contributed by atoms with Crippen molar-refractivity contribution >= 4 is 10.8 Å². The first-order valence-electron chi connectivity index (χ1n) is 7.68. The van der Waals surface area contributed by atoms with Gasteiger partial charge >= 0.3 is 0 Å². The van der Waals surface area contributed by atoms with Gasteiger partial charge in [-0.25, -0.2) is 0 Å². The average molecular weight is 285 g/mol. The van der Waals surface area contributed by atoms with Crippen LogP contribution in [0.2, 0.25) is 0 Å². The van der Waals surface area contributed by atoms with Crippen LogP contribution in [0.5, 0.6) is 5.75 Å². The molecule has 1 N–H and O–H groups in total. The Hall–Kier alpha value is -1.58. The quantitative estimate of drug-likeness (QED) is 0.929. The molecule has 0 saturated carbocycles. The highest BCUT2D eigenvalue weighted by Gasteiger charge is 2.24. The van der Waals surface area contributed by atoms with Crippen LogP contribution in [0.3, 0.4) is 0 Å². The number of ether oxygens (including phenoxy) is 2. The number of likely N-dealkylation sites (N-methyl/N-ethyl adjacent to an activating group) is 1. The van der Waals surface area contributed by atoms with Gasteiger partial charge in [-0.1, -0.05) is 18.2 Å². The van der Waals surface area contributed by atoms with Crippen molar-refractivity contribution in [2.45, 2.75) is 31.4 Å². The van der Waals surface area contributed by atoms with Crippen molar-refractivity contribution in [1.82, 2.24) is 5.32 Å². The lowest BCUT2D eigenvalue weighted by atomic mass is 9.94. The Balaban J connectivity index is 1.91. The molecule has 0 spiro atoms. The van der Waals surface area contributed by atoms with Crippen LogP contribution in [0.1, 0.15) is 30.9 Å². The molecule has 21 heavy (non-hydrogen) atoms. The van der Waals surface area contributed by atoms with Gasteiger partial charge in [0.15, 0.2) is 0 Å². The maximum atomic E-state index is 5.95. The fraction of sp³-hybridized carbons (Fsp3) is 0.444. The molecule has 0 aliphatic carbocycles. The second kappa shape index (κ2) is 6.46. The largest absolute Gasteiger partial charge is 0.497 e. The van der Waals surface area contributed by atoms with Crippen molar-refractivity contribution in [3.8, 4) is 5.75 Å². The minimum atomic E-state index is 0.261. The predicted octanol–water partition coefficient (Wildman–Crippen LogP) is 3.68. The van der Waals surface area contributed by atoms with Crippen molar-refractivity contribution in [2.24, 2.45) is 0 Å². The van der Waals surface area contributed by atoms with E-state index in [0.29, 0.717) is 0 Å². The summed E-state index contributed by atoms with van der Waals surface area (Å²) in [4.78, 5) is 0. The maximum Gasteiger partial charge on any atom is 0.119 e. The van der Waals surface area contributed by atoms with Gasteiger partial charge in [0.2, 0.25) is 0 Å². The van der Waals surface area contributed by atoms with Gasteiger partial charge in [-0.3, -0.25) is 0 Å². The third-order valence-corrected chi connectivity index (χ3v) is 4.33. The Morgan fingerprint density at radius 3 is 2.67 bits per heavy atom. The third kappa shape index (κ3) is 3.04. The third-order valence-electron chi connectivity index (χ3n) is 4.33. The fourth-order valence-electron chi connectivity index (χ4n) is 3.16. The van der Waals surface area contributed by atoms with Crippen LogP contribution in [-0.4, -0.2) is 26.9 Å². The van der Waals surface area contributed by atoms with Gasteiger partial charge in [0.1, 0.15) is 5.75 Å². The molecule has 2 aromatic carbocycles. The Morgan fingerprint density at radius 1 is 1.14 bits per heavy atom. The normalized spacial score (nSPS) is 20.4. The molecule has 2 unspecified atom stereocenters. The molecule has 0 radical (unpaired) electrons. The van der Waals surface area contributed by atoms with E-state index >= 15 is 0 Å². The molecule has 0 aromatic heterocycles. The van der Waals surface area contributed by atoms with Gasteiger partial charge in [-0.15, -0.1) is 0 Å². The summed E-state index contributed by atoms with van der Waals surface area (Å²) in [5.41, 5.74) is 1.29. The molecule has 1 saturated heterocycles. The van der Waals surface area contributed by atoms with Gasteiger partial charge in [0.25, 0.3) is 0 Å². The van der Waals surface area contributed by atoms with E-state index in [1.807, 2.05) is 13.1 Å². The van der Waals surface area contributed by atoms with Gasteiger partial charge in [-0.2, -0.15) is 0 Å². The predicted molar refractivity (Wildman–Crippen MR) is 85.9 cm³/mol. The summed E-state index contributed by atoms with van der Waals surface area (Å²) >= 11 is 0. The van der Waals surface area contributed by atoms with Crippen molar-refractivity contribution in [3.05, 3.63) is 42.0 Å². The smallest absolute Gasteiger partial charge is 0.119 e. The van der Waals surface area contributed by atoms with Crippen LogP contribution in [0, 0.1) is 0 Å². The highest BCUT2D eigenvalue weighted by Crippen LogP contribution is 2.29. The molecule has 3 nitrogen and oxygen atoms in total. The second-order valence-corrected chi connectivity index (χ2v) is 5.64. The van der Waals surface area contributed by atoms with Gasteiger partial charge in [0, 0.05) is 6.61 Å². The molecule has 3 rings (SSSR count). The lowest BCUT2D eigenvalue weighted by molar-refractivity contribution is -0.00659. The zero-order valence-electron chi connectivity index (χ0n) is 12.8. The molecular formula is C18H23NO2. The van der Waals surface area contributed by atoms with Crippen molar-refractivity contribution in [3.63, 3.8) is 0 Å². The van der Waals surface area contributed by atoms with Crippen LogP contribution in [0.15, 0.2) is 36.4 Å². The molecule has 1 heterocycles.